The lowest BCUT2D eigenvalue weighted by molar-refractivity contribution is -0.116. The maximum atomic E-state index is 12.5. The molecule has 9 heteroatoms. The van der Waals surface area contributed by atoms with Crippen LogP contribution in [0.2, 0.25) is 0 Å². The van der Waals surface area contributed by atoms with Gasteiger partial charge < -0.3 is 8.98 Å². The van der Waals surface area contributed by atoms with E-state index in [-0.39, 0.29) is 21.3 Å². The topological polar surface area (TPSA) is 97.8 Å². The van der Waals surface area contributed by atoms with Gasteiger partial charge >= 0.3 is 10.1 Å². The van der Waals surface area contributed by atoms with Gasteiger partial charge in [0.05, 0.1) is 4.90 Å². The van der Waals surface area contributed by atoms with Gasteiger partial charge in [0.1, 0.15) is 16.4 Å². The minimum atomic E-state index is -4.11. The molecule has 0 aliphatic carbocycles. The van der Waals surface area contributed by atoms with Crippen LogP contribution in [0.4, 0.5) is 0 Å². The molecule has 0 aromatic heterocycles. The molecule has 0 heterocycles. The fraction of sp³-hybridized carbons (Fsp3) is 0.350. The lowest BCUT2D eigenvalue weighted by Gasteiger charge is -2.18. The van der Waals surface area contributed by atoms with Crippen molar-refractivity contribution in [2.24, 2.45) is 0 Å². The molecule has 0 atom stereocenters. The van der Waals surface area contributed by atoms with Crippen LogP contribution in [-0.4, -0.2) is 40.0 Å². The van der Waals surface area contributed by atoms with Gasteiger partial charge in [0.2, 0.25) is 10.0 Å². The Hall–Kier alpha value is -2.23. The van der Waals surface area contributed by atoms with Gasteiger partial charge in [0, 0.05) is 19.5 Å². The molecule has 0 spiro atoms. The largest absolute Gasteiger partial charge is 0.379 e. The lowest BCUT2D eigenvalue weighted by atomic mass is 10.1. The number of carbonyl (C=O) groups excluding carboxylic acids is 1. The van der Waals surface area contributed by atoms with Crippen molar-refractivity contribution in [3.8, 4) is 5.75 Å². The Morgan fingerprint density at radius 1 is 0.862 bits per heavy atom. The number of Topliss-reactive ketones (excluding diaryl/α,β-unsaturated/α-hetero) is 1. The van der Waals surface area contributed by atoms with E-state index < -0.39 is 20.1 Å². The fourth-order valence-corrected chi connectivity index (χ4v) is 5.09. The predicted octanol–water partition coefficient (Wildman–Crippen LogP) is 3.01. The molecule has 0 aliphatic heterocycles. The van der Waals surface area contributed by atoms with Gasteiger partial charge in [0.25, 0.3) is 0 Å². The van der Waals surface area contributed by atoms with Crippen LogP contribution in [-0.2, 0) is 31.4 Å². The molecular formula is C20H25NO6S2. The average Bonchev–Trinajstić information content (AvgIpc) is 2.68. The van der Waals surface area contributed by atoms with Crippen molar-refractivity contribution in [1.29, 1.82) is 0 Å². The third-order valence-corrected chi connectivity index (χ3v) is 7.68. The summed E-state index contributed by atoms with van der Waals surface area (Å²) in [5.41, 5.74) is 0.899. The third-order valence-electron chi connectivity index (χ3n) is 4.35. The third kappa shape index (κ3) is 5.88. The maximum absolute atomic E-state index is 12.5. The molecule has 2 rings (SSSR count). The molecule has 7 nitrogen and oxygen atoms in total. The van der Waals surface area contributed by atoms with Crippen molar-refractivity contribution in [1.82, 2.24) is 4.31 Å². The van der Waals surface area contributed by atoms with Gasteiger partial charge in [-0.3, -0.25) is 0 Å². The fourth-order valence-electron chi connectivity index (χ4n) is 2.70. The van der Waals surface area contributed by atoms with Crippen LogP contribution < -0.4 is 4.18 Å². The monoisotopic (exact) mass is 439 g/mol. The number of ketones is 1. The van der Waals surface area contributed by atoms with Gasteiger partial charge in [-0.15, -0.1) is 0 Å². The standard InChI is InChI=1S/C20H25NO6S2/c1-4-21(5-2)28(23,24)19-12-14-20(15-13-19)29(25,26)27-18-10-8-17(9-11-18)7-6-16(3)22/h8-15H,4-7H2,1-3H3. The van der Waals surface area contributed by atoms with Crippen molar-refractivity contribution < 1.29 is 25.8 Å². The molecule has 0 amide bonds. The molecule has 0 saturated heterocycles. The SMILES string of the molecule is CCN(CC)S(=O)(=O)c1ccc(S(=O)(=O)Oc2ccc(CCC(C)=O)cc2)cc1. The van der Waals surface area contributed by atoms with E-state index in [4.69, 9.17) is 4.18 Å². The first-order chi connectivity index (χ1) is 13.6. The van der Waals surface area contributed by atoms with E-state index >= 15 is 0 Å². The molecule has 0 unspecified atom stereocenters. The zero-order chi connectivity index (χ0) is 21.7. The Kier molecular flexibility index (Phi) is 7.56. The predicted molar refractivity (Wildman–Crippen MR) is 110 cm³/mol. The molecule has 2 aromatic carbocycles. The maximum Gasteiger partial charge on any atom is 0.339 e. The molecule has 29 heavy (non-hydrogen) atoms. The number of carbonyl (C=O) groups is 1. The number of sulfonamides is 1. The van der Waals surface area contributed by atoms with E-state index in [0.29, 0.717) is 25.9 Å². The minimum Gasteiger partial charge on any atom is -0.379 e. The van der Waals surface area contributed by atoms with Gasteiger partial charge in [-0.25, -0.2) is 8.42 Å². The highest BCUT2D eigenvalue weighted by Crippen LogP contribution is 2.22. The molecule has 0 fully saturated rings. The lowest BCUT2D eigenvalue weighted by Crippen LogP contribution is -2.30. The molecule has 0 N–H and O–H groups in total. The minimum absolute atomic E-state index is 0.0231. The van der Waals surface area contributed by atoms with Gasteiger partial charge in [-0.1, -0.05) is 26.0 Å². The van der Waals surface area contributed by atoms with Gasteiger partial charge in [0.15, 0.2) is 0 Å². The van der Waals surface area contributed by atoms with Crippen LogP contribution in [0.3, 0.4) is 0 Å². The van der Waals surface area contributed by atoms with E-state index in [1.54, 1.807) is 26.0 Å². The highest BCUT2D eigenvalue weighted by atomic mass is 32.2. The Labute approximate surface area is 172 Å². The second-order valence-corrected chi connectivity index (χ2v) is 9.93. The molecule has 0 radical (unpaired) electrons. The van der Waals surface area contributed by atoms with Crippen molar-refractivity contribution in [2.75, 3.05) is 13.1 Å². The second-order valence-electron chi connectivity index (χ2n) is 6.44. The Balaban J connectivity index is 2.16. The van der Waals surface area contributed by atoms with Crippen molar-refractivity contribution >= 4 is 25.9 Å². The van der Waals surface area contributed by atoms with Crippen LogP contribution in [0, 0.1) is 0 Å². The highest BCUT2D eigenvalue weighted by Gasteiger charge is 2.23. The number of benzene rings is 2. The molecule has 0 bridgehead atoms. The second kappa shape index (κ2) is 9.51. The highest BCUT2D eigenvalue weighted by molar-refractivity contribution is 7.89. The Morgan fingerprint density at radius 3 is 1.86 bits per heavy atom. The first-order valence-electron chi connectivity index (χ1n) is 9.23. The molecule has 0 saturated carbocycles. The van der Waals surface area contributed by atoms with Gasteiger partial charge in [-0.2, -0.15) is 12.7 Å². The number of hydrogen-bond donors (Lipinski definition) is 0. The summed E-state index contributed by atoms with van der Waals surface area (Å²) < 4.78 is 56.4. The van der Waals surface area contributed by atoms with Crippen molar-refractivity contribution in [2.45, 2.75) is 43.4 Å². The van der Waals surface area contributed by atoms with Crippen molar-refractivity contribution in [3.05, 3.63) is 54.1 Å². The smallest absolute Gasteiger partial charge is 0.339 e. The van der Waals surface area contributed by atoms with E-state index in [9.17, 15) is 21.6 Å². The zero-order valence-corrected chi connectivity index (χ0v) is 18.3. The quantitative estimate of drug-likeness (QED) is 0.528. The summed E-state index contributed by atoms with van der Waals surface area (Å²) in [5.74, 6) is 0.218. The summed E-state index contributed by atoms with van der Waals surface area (Å²) in [6.45, 7) is 5.63. The number of aryl methyl sites for hydroxylation is 1. The number of hydrogen-bond acceptors (Lipinski definition) is 6. The molecule has 0 aliphatic rings. The van der Waals surface area contributed by atoms with Crippen LogP contribution in [0.15, 0.2) is 58.3 Å². The Bertz CT molecular complexity index is 1040. The average molecular weight is 440 g/mol. The normalized spacial score (nSPS) is 12.1. The molecule has 158 valence electrons. The van der Waals surface area contributed by atoms with E-state index in [1.807, 2.05) is 0 Å². The van der Waals surface area contributed by atoms with E-state index in [0.717, 1.165) is 5.56 Å². The number of rotatable bonds is 10. The van der Waals surface area contributed by atoms with Crippen molar-refractivity contribution in [3.63, 3.8) is 0 Å². The zero-order valence-electron chi connectivity index (χ0n) is 16.7. The first-order valence-corrected chi connectivity index (χ1v) is 12.1. The first kappa shape index (κ1) is 23.1. The molecule has 2 aromatic rings. The summed E-state index contributed by atoms with van der Waals surface area (Å²) in [4.78, 5) is 10.9. The van der Waals surface area contributed by atoms with E-state index in [2.05, 4.69) is 0 Å². The van der Waals surface area contributed by atoms with Crippen LogP contribution in [0.25, 0.3) is 0 Å². The Morgan fingerprint density at radius 2 is 1.38 bits per heavy atom. The summed E-state index contributed by atoms with van der Waals surface area (Å²) in [5, 5.41) is 0. The summed E-state index contributed by atoms with van der Waals surface area (Å²) >= 11 is 0. The summed E-state index contributed by atoms with van der Waals surface area (Å²) in [6, 6.07) is 11.4. The van der Waals surface area contributed by atoms with Gasteiger partial charge in [-0.05, 0) is 55.3 Å². The number of nitrogens with zero attached hydrogens (tertiary/aromatic N) is 1. The van der Waals surface area contributed by atoms with Crippen LogP contribution >= 0.6 is 0 Å². The molecular weight excluding hydrogens is 414 g/mol. The van der Waals surface area contributed by atoms with E-state index in [1.165, 1.54) is 47.6 Å². The van der Waals surface area contributed by atoms with Crippen LogP contribution in [0.1, 0.15) is 32.8 Å². The summed E-state index contributed by atoms with van der Waals surface area (Å²) in [7, 11) is -7.77. The van der Waals surface area contributed by atoms with Crippen LogP contribution in [0.5, 0.6) is 5.75 Å². The summed E-state index contributed by atoms with van der Waals surface area (Å²) in [6.07, 6.45) is 0.992.